The van der Waals surface area contributed by atoms with Crippen LogP contribution < -0.4 is 30.4 Å². The van der Waals surface area contributed by atoms with Gasteiger partial charge in [0, 0.05) is 11.8 Å². The second-order valence-electron chi connectivity index (χ2n) is 5.71. The molecular formula is C18H19N3O4S. The molecule has 0 aromatic heterocycles. The lowest BCUT2D eigenvalue weighted by molar-refractivity contribution is -0.127. The van der Waals surface area contributed by atoms with Gasteiger partial charge in [0.25, 0.3) is 5.91 Å². The summed E-state index contributed by atoms with van der Waals surface area (Å²) in [7, 11) is 0. The minimum absolute atomic E-state index is 0.185. The molecule has 0 fully saturated rings. The average molecular weight is 373 g/mol. The summed E-state index contributed by atoms with van der Waals surface area (Å²) >= 11 is 5.15. The molecule has 0 radical (unpaired) electrons. The zero-order chi connectivity index (χ0) is 18.5. The van der Waals surface area contributed by atoms with Crippen LogP contribution in [0.5, 0.6) is 17.2 Å². The van der Waals surface area contributed by atoms with E-state index < -0.39 is 6.10 Å². The Bertz CT molecular complexity index is 811. The van der Waals surface area contributed by atoms with Crippen LogP contribution in [0.15, 0.2) is 42.5 Å². The van der Waals surface area contributed by atoms with Gasteiger partial charge in [0.15, 0.2) is 22.7 Å². The number of fused-ring (bicyclic) bond motifs is 1. The normalized spacial score (nSPS) is 12.8. The third kappa shape index (κ3) is 4.54. The molecular weight excluding hydrogens is 354 g/mol. The molecule has 1 amide bonds. The largest absolute Gasteiger partial charge is 0.481 e. The Morgan fingerprint density at radius 2 is 1.85 bits per heavy atom. The summed E-state index contributed by atoms with van der Waals surface area (Å²) in [6, 6.07) is 12.9. The van der Waals surface area contributed by atoms with E-state index in [1.807, 2.05) is 31.2 Å². The SMILES string of the molecule is Cc1ccc(NC(=S)NNC(=O)[C@@H](C)Oc2ccc3c(c2)OCO3)cc1. The maximum Gasteiger partial charge on any atom is 0.279 e. The van der Waals surface area contributed by atoms with Crippen molar-refractivity contribution in [3.63, 3.8) is 0 Å². The van der Waals surface area contributed by atoms with Crippen LogP contribution in [0.1, 0.15) is 12.5 Å². The molecule has 1 heterocycles. The van der Waals surface area contributed by atoms with E-state index in [1.54, 1.807) is 25.1 Å². The fourth-order valence-corrected chi connectivity index (χ4v) is 2.40. The average Bonchev–Trinajstić information content (AvgIpc) is 3.09. The van der Waals surface area contributed by atoms with Crippen LogP contribution in [-0.4, -0.2) is 23.9 Å². The van der Waals surface area contributed by atoms with Crippen molar-refractivity contribution in [2.24, 2.45) is 0 Å². The van der Waals surface area contributed by atoms with E-state index >= 15 is 0 Å². The van der Waals surface area contributed by atoms with Gasteiger partial charge < -0.3 is 19.5 Å². The Labute approximate surface area is 156 Å². The monoisotopic (exact) mass is 373 g/mol. The van der Waals surface area contributed by atoms with E-state index in [2.05, 4.69) is 16.2 Å². The molecule has 1 aliphatic heterocycles. The van der Waals surface area contributed by atoms with Crippen molar-refractivity contribution >= 4 is 28.9 Å². The number of anilines is 1. The number of carbonyl (C=O) groups is 1. The van der Waals surface area contributed by atoms with Gasteiger partial charge in [-0.25, -0.2) is 0 Å². The van der Waals surface area contributed by atoms with Gasteiger partial charge in [-0.15, -0.1) is 0 Å². The van der Waals surface area contributed by atoms with Gasteiger partial charge in [-0.2, -0.15) is 0 Å². The maximum absolute atomic E-state index is 12.1. The third-order valence-electron chi connectivity index (χ3n) is 3.63. The zero-order valence-corrected chi connectivity index (χ0v) is 15.2. The van der Waals surface area contributed by atoms with Gasteiger partial charge in [0.05, 0.1) is 0 Å². The Morgan fingerprint density at radius 1 is 1.12 bits per heavy atom. The number of hydrogen-bond donors (Lipinski definition) is 3. The molecule has 3 rings (SSSR count). The molecule has 8 heteroatoms. The summed E-state index contributed by atoms with van der Waals surface area (Å²) in [5.74, 6) is 1.40. The lowest BCUT2D eigenvalue weighted by Gasteiger charge is -2.16. The minimum atomic E-state index is -0.731. The van der Waals surface area contributed by atoms with Gasteiger partial charge in [-0.3, -0.25) is 15.6 Å². The number of hydrazine groups is 1. The summed E-state index contributed by atoms with van der Waals surface area (Å²) in [5, 5.41) is 3.25. The standard InChI is InChI=1S/C18H19N3O4S/c1-11-3-5-13(6-4-11)19-18(26)21-20-17(22)12(2)25-14-7-8-15-16(9-14)24-10-23-15/h3-9,12H,10H2,1-2H3,(H,20,22)(H2,19,21,26)/t12-/m1/s1. The van der Waals surface area contributed by atoms with Crippen molar-refractivity contribution in [2.45, 2.75) is 20.0 Å². The smallest absolute Gasteiger partial charge is 0.279 e. The second-order valence-corrected chi connectivity index (χ2v) is 6.12. The summed E-state index contributed by atoms with van der Waals surface area (Å²) in [6.45, 7) is 3.82. The highest BCUT2D eigenvalue weighted by atomic mass is 32.1. The van der Waals surface area contributed by atoms with Gasteiger partial charge in [-0.05, 0) is 50.3 Å². The van der Waals surface area contributed by atoms with E-state index in [0.717, 1.165) is 11.3 Å². The molecule has 0 saturated heterocycles. The van der Waals surface area contributed by atoms with Crippen molar-refractivity contribution < 1.29 is 19.0 Å². The van der Waals surface area contributed by atoms with Gasteiger partial charge >= 0.3 is 0 Å². The van der Waals surface area contributed by atoms with E-state index in [0.29, 0.717) is 17.2 Å². The Hall–Kier alpha value is -3.00. The number of ether oxygens (including phenoxy) is 3. The van der Waals surface area contributed by atoms with Crippen molar-refractivity contribution in [1.82, 2.24) is 10.9 Å². The highest BCUT2D eigenvalue weighted by Gasteiger charge is 2.18. The van der Waals surface area contributed by atoms with Crippen molar-refractivity contribution in [3.8, 4) is 17.2 Å². The molecule has 0 spiro atoms. The Kier molecular flexibility index (Phi) is 5.43. The first-order chi connectivity index (χ1) is 12.5. The zero-order valence-electron chi connectivity index (χ0n) is 14.4. The first-order valence-corrected chi connectivity index (χ1v) is 8.42. The highest BCUT2D eigenvalue weighted by Crippen LogP contribution is 2.35. The van der Waals surface area contributed by atoms with Crippen LogP contribution in [-0.2, 0) is 4.79 Å². The number of nitrogens with one attached hydrogen (secondary N) is 3. The van der Waals surface area contributed by atoms with E-state index in [4.69, 9.17) is 26.4 Å². The number of benzene rings is 2. The summed E-state index contributed by atoms with van der Waals surface area (Å²) in [6.07, 6.45) is -0.731. The molecule has 0 aliphatic carbocycles. The first-order valence-electron chi connectivity index (χ1n) is 8.01. The van der Waals surface area contributed by atoms with Crippen LogP contribution in [0.25, 0.3) is 0 Å². The van der Waals surface area contributed by atoms with Crippen LogP contribution in [0, 0.1) is 6.92 Å². The quantitative estimate of drug-likeness (QED) is 0.561. The summed E-state index contributed by atoms with van der Waals surface area (Å²) in [4.78, 5) is 12.1. The van der Waals surface area contributed by atoms with Crippen LogP contribution in [0.2, 0.25) is 0 Å². The van der Waals surface area contributed by atoms with Crippen LogP contribution >= 0.6 is 12.2 Å². The van der Waals surface area contributed by atoms with Gasteiger partial charge in [0.1, 0.15) is 5.75 Å². The van der Waals surface area contributed by atoms with Crippen LogP contribution in [0.4, 0.5) is 5.69 Å². The van der Waals surface area contributed by atoms with E-state index in [1.165, 1.54) is 0 Å². The number of hydrogen-bond acceptors (Lipinski definition) is 5. The predicted molar refractivity (Wildman–Crippen MR) is 101 cm³/mol. The highest BCUT2D eigenvalue weighted by molar-refractivity contribution is 7.80. The number of amides is 1. The predicted octanol–water partition coefficient (Wildman–Crippen LogP) is 2.51. The molecule has 7 nitrogen and oxygen atoms in total. The van der Waals surface area contributed by atoms with Gasteiger partial charge in [-0.1, -0.05) is 17.7 Å². The molecule has 0 unspecified atom stereocenters. The molecule has 0 bridgehead atoms. The lowest BCUT2D eigenvalue weighted by atomic mass is 10.2. The topological polar surface area (TPSA) is 80.9 Å². The fourth-order valence-electron chi connectivity index (χ4n) is 2.23. The molecule has 1 atom stereocenters. The van der Waals surface area contributed by atoms with Gasteiger partial charge in [0.2, 0.25) is 6.79 Å². The maximum atomic E-state index is 12.1. The minimum Gasteiger partial charge on any atom is -0.481 e. The molecule has 2 aromatic rings. The van der Waals surface area contributed by atoms with Crippen LogP contribution in [0.3, 0.4) is 0 Å². The van der Waals surface area contributed by atoms with Crippen molar-refractivity contribution in [3.05, 3.63) is 48.0 Å². The molecule has 136 valence electrons. The molecule has 2 aromatic carbocycles. The third-order valence-corrected chi connectivity index (χ3v) is 3.84. The molecule has 3 N–H and O–H groups in total. The number of aryl methyl sites for hydroxylation is 1. The Morgan fingerprint density at radius 3 is 2.62 bits per heavy atom. The molecule has 0 saturated carbocycles. The number of rotatable bonds is 4. The second kappa shape index (κ2) is 7.92. The van der Waals surface area contributed by atoms with E-state index in [-0.39, 0.29) is 17.8 Å². The first kappa shape index (κ1) is 17.8. The van der Waals surface area contributed by atoms with Crippen molar-refractivity contribution in [2.75, 3.05) is 12.1 Å². The number of thiocarbonyl (C=S) groups is 1. The fraction of sp³-hybridized carbons (Fsp3) is 0.222. The summed E-state index contributed by atoms with van der Waals surface area (Å²) in [5.41, 5.74) is 7.14. The molecule has 1 aliphatic rings. The number of carbonyl (C=O) groups excluding carboxylic acids is 1. The summed E-state index contributed by atoms with van der Waals surface area (Å²) < 4.78 is 16.1. The lowest BCUT2D eigenvalue weighted by Crippen LogP contribution is -2.48. The van der Waals surface area contributed by atoms with Crippen molar-refractivity contribution in [1.29, 1.82) is 0 Å². The molecule has 26 heavy (non-hydrogen) atoms. The van der Waals surface area contributed by atoms with E-state index in [9.17, 15) is 4.79 Å². The Balaban J connectivity index is 1.46.